The van der Waals surface area contributed by atoms with Gasteiger partial charge in [0.2, 0.25) is 0 Å². The number of hydrogen-bond acceptors (Lipinski definition) is 4. The van der Waals surface area contributed by atoms with Crippen LogP contribution >= 0.6 is 11.6 Å². The highest BCUT2D eigenvalue weighted by Crippen LogP contribution is 2.25. The van der Waals surface area contributed by atoms with E-state index in [0.717, 1.165) is 19.6 Å². The molecule has 2 aromatic rings. The Bertz CT molecular complexity index is 813. The highest BCUT2D eigenvalue weighted by Gasteiger charge is 2.29. The van der Waals surface area contributed by atoms with E-state index in [4.69, 9.17) is 11.6 Å². The number of amides is 1. The van der Waals surface area contributed by atoms with Gasteiger partial charge in [0.25, 0.3) is 11.6 Å². The van der Waals surface area contributed by atoms with E-state index in [2.05, 4.69) is 17.0 Å². The molecule has 1 heterocycles. The van der Waals surface area contributed by atoms with Crippen LogP contribution in [-0.2, 0) is 6.54 Å². The summed E-state index contributed by atoms with van der Waals surface area (Å²) in [6, 6.07) is 14.2. The topological polar surface area (TPSA) is 66.7 Å². The van der Waals surface area contributed by atoms with E-state index in [-0.39, 0.29) is 22.7 Å². The first-order valence-corrected chi connectivity index (χ1v) is 8.84. The Morgan fingerprint density at radius 1 is 1.23 bits per heavy atom. The molecule has 3 rings (SSSR count). The van der Waals surface area contributed by atoms with Gasteiger partial charge in [-0.2, -0.15) is 0 Å². The van der Waals surface area contributed by atoms with Gasteiger partial charge in [0.05, 0.1) is 15.5 Å². The van der Waals surface area contributed by atoms with E-state index in [9.17, 15) is 14.9 Å². The molecule has 1 fully saturated rings. The lowest BCUT2D eigenvalue weighted by Gasteiger charge is -2.40. The SMILES string of the molecule is CC1CN(Cc2ccccc2)CCN1C(=O)c1ccc([N+](=O)[O-])cc1Cl. The highest BCUT2D eigenvalue weighted by atomic mass is 35.5. The Balaban J connectivity index is 1.67. The number of carbonyl (C=O) groups is 1. The van der Waals surface area contributed by atoms with Crippen LogP contribution in [0.25, 0.3) is 0 Å². The summed E-state index contributed by atoms with van der Waals surface area (Å²) in [6.45, 7) is 5.00. The Morgan fingerprint density at radius 2 is 1.96 bits per heavy atom. The van der Waals surface area contributed by atoms with Crippen LogP contribution in [0.4, 0.5) is 5.69 Å². The van der Waals surface area contributed by atoms with Crippen LogP contribution < -0.4 is 0 Å². The van der Waals surface area contributed by atoms with Gasteiger partial charge in [0.1, 0.15) is 0 Å². The number of piperazine rings is 1. The zero-order valence-electron chi connectivity index (χ0n) is 14.5. The van der Waals surface area contributed by atoms with Crippen molar-refractivity contribution in [3.8, 4) is 0 Å². The third kappa shape index (κ3) is 4.03. The molecule has 1 aliphatic rings. The van der Waals surface area contributed by atoms with E-state index in [1.165, 1.54) is 23.8 Å². The minimum atomic E-state index is -0.523. The molecule has 7 heteroatoms. The normalized spacial score (nSPS) is 17.9. The van der Waals surface area contributed by atoms with Crippen molar-refractivity contribution in [1.82, 2.24) is 9.80 Å². The molecule has 6 nitrogen and oxygen atoms in total. The molecule has 26 heavy (non-hydrogen) atoms. The van der Waals surface area contributed by atoms with Gasteiger partial charge >= 0.3 is 0 Å². The van der Waals surface area contributed by atoms with Crippen molar-refractivity contribution in [3.63, 3.8) is 0 Å². The lowest BCUT2D eigenvalue weighted by molar-refractivity contribution is -0.384. The van der Waals surface area contributed by atoms with Crippen LogP contribution in [0.3, 0.4) is 0 Å². The summed E-state index contributed by atoms with van der Waals surface area (Å²) in [5.74, 6) is -0.184. The van der Waals surface area contributed by atoms with Crippen molar-refractivity contribution in [2.45, 2.75) is 19.5 Å². The lowest BCUT2D eigenvalue weighted by atomic mass is 10.1. The molecule has 1 saturated heterocycles. The summed E-state index contributed by atoms with van der Waals surface area (Å²) in [5, 5.41) is 10.9. The molecule has 0 saturated carbocycles. The van der Waals surface area contributed by atoms with Crippen molar-refractivity contribution >= 4 is 23.2 Å². The minimum absolute atomic E-state index is 0.0335. The van der Waals surface area contributed by atoms with E-state index >= 15 is 0 Å². The third-order valence-electron chi connectivity index (χ3n) is 4.62. The number of nitro groups is 1. The average molecular weight is 374 g/mol. The van der Waals surface area contributed by atoms with Gasteiger partial charge in [-0.1, -0.05) is 41.9 Å². The largest absolute Gasteiger partial charge is 0.333 e. The van der Waals surface area contributed by atoms with Crippen molar-refractivity contribution in [1.29, 1.82) is 0 Å². The first-order chi connectivity index (χ1) is 12.5. The van der Waals surface area contributed by atoms with E-state index < -0.39 is 4.92 Å². The van der Waals surface area contributed by atoms with Crippen molar-refractivity contribution < 1.29 is 9.72 Å². The molecular formula is C19H20ClN3O3. The Labute approximate surface area is 157 Å². The van der Waals surface area contributed by atoms with Gasteiger partial charge < -0.3 is 4.90 Å². The van der Waals surface area contributed by atoms with Gasteiger partial charge in [-0.15, -0.1) is 0 Å². The minimum Gasteiger partial charge on any atom is -0.333 e. The first kappa shape index (κ1) is 18.4. The summed E-state index contributed by atoms with van der Waals surface area (Å²) < 4.78 is 0. The highest BCUT2D eigenvalue weighted by molar-refractivity contribution is 6.34. The molecule has 1 atom stereocenters. The molecule has 2 aromatic carbocycles. The fourth-order valence-electron chi connectivity index (χ4n) is 3.27. The molecule has 0 radical (unpaired) electrons. The third-order valence-corrected chi connectivity index (χ3v) is 4.93. The van der Waals surface area contributed by atoms with Crippen molar-refractivity contribution in [2.75, 3.05) is 19.6 Å². The zero-order valence-corrected chi connectivity index (χ0v) is 15.2. The van der Waals surface area contributed by atoms with Gasteiger partial charge in [-0.05, 0) is 18.6 Å². The van der Waals surface area contributed by atoms with Crippen LogP contribution in [-0.4, -0.2) is 46.3 Å². The maximum Gasteiger partial charge on any atom is 0.270 e. The molecule has 1 unspecified atom stereocenters. The van der Waals surface area contributed by atoms with Crippen LogP contribution in [0, 0.1) is 10.1 Å². The van der Waals surface area contributed by atoms with E-state index in [0.29, 0.717) is 12.1 Å². The molecule has 136 valence electrons. The Kier molecular flexibility index (Phi) is 5.54. The summed E-state index contributed by atoms with van der Waals surface area (Å²) in [5.41, 5.74) is 1.44. The van der Waals surface area contributed by atoms with Crippen LogP contribution in [0.5, 0.6) is 0 Å². The van der Waals surface area contributed by atoms with Gasteiger partial charge in [0, 0.05) is 44.4 Å². The average Bonchev–Trinajstić information content (AvgIpc) is 2.62. The van der Waals surface area contributed by atoms with E-state index in [1.54, 1.807) is 4.90 Å². The number of carbonyl (C=O) groups excluding carboxylic acids is 1. The predicted octanol–water partition coefficient (Wildman–Crippen LogP) is 3.59. The first-order valence-electron chi connectivity index (χ1n) is 8.47. The smallest absolute Gasteiger partial charge is 0.270 e. The number of nitrogens with zero attached hydrogens (tertiary/aromatic N) is 3. The van der Waals surface area contributed by atoms with Crippen molar-refractivity contribution in [3.05, 3.63) is 74.8 Å². The molecule has 1 amide bonds. The number of rotatable bonds is 4. The summed E-state index contributed by atoms with van der Waals surface area (Å²) in [7, 11) is 0. The van der Waals surface area contributed by atoms with Gasteiger partial charge in [-0.3, -0.25) is 19.8 Å². The molecule has 0 aromatic heterocycles. The predicted molar refractivity (Wildman–Crippen MR) is 100 cm³/mol. The standard InChI is InChI=1S/C19H20ClN3O3/c1-14-12-21(13-15-5-3-2-4-6-15)9-10-22(14)19(24)17-8-7-16(23(25)26)11-18(17)20/h2-8,11,14H,9-10,12-13H2,1H3. The molecular weight excluding hydrogens is 354 g/mol. The monoisotopic (exact) mass is 373 g/mol. The lowest BCUT2D eigenvalue weighted by Crippen LogP contribution is -2.53. The molecule has 0 N–H and O–H groups in total. The van der Waals surface area contributed by atoms with Gasteiger partial charge in [-0.25, -0.2) is 0 Å². The maximum atomic E-state index is 12.8. The fraction of sp³-hybridized carbons (Fsp3) is 0.316. The summed E-state index contributed by atoms with van der Waals surface area (Å²) in [6.07, 6.45) is 0. The number of nitro benzene ring substituents is 1. The maximum absolute atomic E-state index is 12.8. The second-order valence-corrected chi connectivity index (χ2v) is 6.90. The quantitative estimate of drug-likeness (QED) is 0.606. The molecule has 0 bridgehead atoms. The van der Waals surface area contributed by atoms with Crippen LogP contribution in [0.1, 0.15) is 22.8 Å². The number of halogens is 1. The zero-order chi connectivity index (χ0) is 18.7. The van der Waals surface area contributed by atoms with Crippen molar-refractivity contribution in [2.24, 2.45) is 0 Å². The molecule has 1 aliphatic heterocycles. The number of benzene rings is 2. The summed E-state index contributed by atoms with van der Waals surface area (Å²) >= 11 is 6.11. The van der Waals surface area contributed by atoms with E-state index in [1.807, 2.05) is 25.1 Å². The summed E-state index contributed by atoms with van der Waals surface area (Å²) in [4.78, 5) is 27.2. The Morgan fingerprint density at radius 3 is 2.58 bits per heavy atom. The fourth-order valence-corrected chi connectivity index (χ4v) is 3.52. The Hall–Kier alpha value is -2.44. The number of hydrogen-bond donors (Lipinski definition) is 0. The second-order valence-electron chi connectivity index (χ2n) is 6.49. The number of non-ortho nitro benzene ring substituents is 1. The van der Waals surface area contributed by atoms with Crippen LogP contribution in [0.15, 0.2) is 48.5 Å². The second kappa shape index (κ2) is 7.85. The van der Waals surface area contributed by atoms with Crippen LogP contribution in [0.2, 0.25) is 5.02 Å². The molecule has 0 aliphatic carbocycles. The van der Waals surface area contributed by atoms with Gasteiger partial charge in [0.15, 0.2) is 0 Å². The molecule has 0 spiro atoms.